The molecule has 13 heavy (non-hydrogen) atoms. The van der Waals surface area contributed by atoms with Crippen molar-refractivity contribution >= 4 is 11.9 Å². The molecule has 0 aromatic carbocycles. The summed E-state index contributed by atoms with van der Waals surface area (Å²) in [5.41, 5.74) is 0. The third kappa shape index (κ3) is 24.8. The zero-order valence-electron chi connectivity index (χ0n) is 7.04. The molecule has 0 atom stereocenters. The third-order valence-corrected chi connectivity index (χ3v) is 1.03. The molecule has 0 saturated carbocycles. The fourth-order valence-electron chi connectivity index (χ4n) is 0.552. The van der Waals surface area contributed by atoms with Crippen molar-refractivity contribution in [2.45, 2.75) is 25.7 Å². The summed E-state index contributed by atoms with van der Waals surface area (Å²) in [6.45, 7) is 0. The van der Waals surface area contributed by atoms with Crippen molar-refractivity contribution < 1.29 is 36.2 Å². The summed E-state index contributed by atoms with van der Waals surface area (Å²) in [6.07, 6.45) is 1.02. The molecule has 0 fully saturated rings. The van der Waals surface area contributed by atoms with E-state index in [4.69, 9.17) is 10.2 Å². The number of rotatable bonds is 5. The van der Waals surface area contributed by atoms with Gasteiger partial charge in [-0.05, 0) is 12.8 Å². The van der Waals surface area contributed by atoms with Crippen molar-refractivity contribution in [3.8, 4) is 0 Å². The van der Waals surface area contributed by atoms with Crippen molar-refractivity contribution in [1.29, 1.82) is 0 Å². The molecule has 0 heterocycles. The average molecular weight is 200 g/mol. The summed E-state index contributed by atoms with van der Waals surface area (Å²) in [5, 5.41) is 16.3. The van der Waals surface area contributed by atoms with Crippen molar-refractivity contribution in [3.63, 3.8) is 0 Å². The third-order valence-electron chi connectivity index (χ3n) is 1.03. The van der Waals surface area contributed by atoms with Crippen molar-refractivity contribution in [3.05, 3.63) is 0 Å². The van der Waals surface area contributed by atoms with Crippen LogP contribution in [0.3, 0.4) is 0 Å². The SMILES string of the molecule is O.O.O.O=C(O)CCCCC(=O)O. The number of unbranched alkanes of at least 4 members (excludes halogenated alkanes) is 1. The van der Waals surface area contributed by atoms with E-state index in [9.17, 15) is 9.59 Å². The molecule has 0 spiro atoms. The number of aliphatic carboxylic acids is 2. The van der Waals surface area contributed by atoms with Gasteiger partial charge in [0.1, 0.15) is 0 Å². The normalized spacial score (nSPS) is 7.08. The second kappa shape index (κ2) is 13.4. The Balaban J connectivity index is -0.000000135. The van der Waals surface area contributed by atoms with Gasteiger partial charge in [-0.2, -0.15) is 0 Å². The highest BCUT2D eigenvalue weighted by Crippen LogP contribution is 1.98. The van der Waals surface area contributed by atoms with E-state index in [0.717, 1.165) is 0 Å². The molecule has 8 N–H and O–H groups in total. The molecule has 7 heteroatoms. The predicted octanol–water partition coefficient (Wildman–Crippen LogP) is -1.76. The minimum atomic E-state index is -0.870. The van der Waals surface area contributed by atoms with Gasteiger partial charge >= 0.3 is 11.9 Å². The fourth-order valence-corrected chi connectivity index (χ4v) is 0.552. The zero-order valence-corrected chi connectivity index (χ0v) is 7.04. The summed E-state index contributed by atoms with van der Waals surface area (Å²) in [7, 11) is 0. The molecular weight excluding hydrogens is 184 g/mol. The van der Waals surface area contributed by atoms with E-state index in [1.54, 1.807) is 0 Å². The van der Waals surface area contributed by atoms with Crippen molar-refractivity contribution in [2.24, 2.45) is 0 Å². The molecule has 0 aliphatic rings. The molecule has 0 saturated heterocycles. The van der Waals surface area contributed by atoms with E-state index < -0.39 is 11.9 Å². The Bertz CT molecular complexity index is 117. The van der Waals surface area contributed by atoms with Crippen LogP contribution in [0.5, 0.6) is 0 Å². The van der Waals surface area contributed by atoms with Crippen LogP contribution in [0.25, 0.3) is 0 Å². The standard InChI is InChI=1S/C6H10O4.3H2O/c7-5(8)3-1-2-4-6(9)10;;;/h1-4H2,(H,7,8)(H,9,10);3*1H2. The van der Waals surface area contributed by atoms with Gasteiger partial charge in [0.2, 0.25) is 0 Å². The summed E-state index contributed by atoms with van der Waals surface area (Å²) >= 11 is 0. The fraction of sp³-hybridized carbons (Fsp3) is 0.667. The summed E-state index contributed by atoms with van der Waals surface area (Å²) in [5.74, 6) is -1.74. The van der Waals surface area contributed by atoms with Crippen LogP contribution in [0, 0.1) is 0 Å². The molecule has 0 amide bonds. The zero-order chi connectivity index (χ0) is 7.98. The molecular formula is C6H16O7. The van der Waals surface area contributed by atoms with Crippen LogP contribution in [0.15, 0.2) is 0 Å². The highest BCUT2D eigenvalue weighted by atomic mass is 16.4. The highest BCUT2D eigenvalue weighted by molar-refractivity contribution is 5.67. The average Bonchev–Trinajstić information content (AvgIpc) is 1.79. The molecule has 0 unspecified atom stereocenters. The largest absolute Gasteiger partial charge is 0.481 e. The quantitative estimate of drug-likeness (QED) is 0.501. The maximum absolute atomic E-state index is 9.90. The smallest absolute Gasteiger partial charge is 0.303 e. The molecule has 82 valence electrons. The second-order valence-electron chi connectivity index (χ2n) is 1.99. The first-order chi connectivity index (χ1) is 4.63. The van der Waals surface area contributed by atoms with Gasteiger partial charge in [-0.1, -0.05) is 0 Å². The van der Waals surface area contributed by atoms with E-state index >= 15 is 0 Å². The van der Waals surface area contributed by atoms with E-state index in [1.807, 2.05) is 0 Å². The van der Waals surface area contributed by atoms with Crippen molar-refractivity contribution in [2.75, 3.05) is 0 Å². The first kappa shape index (κ1) is 22.6. The van der Waals surface area contributed by atoms with Gasteiger partial charge in [-0.3, -0.25) is 9.59 Å². The van der Waals surface area contributed by atoms with Crippen LogP contribution in [0.1, 0.15) is 25.7 Å². The Kier molecular flexibility index (Phi) is 23.3. The van der Waals surface area contributed by atoms with E-state index in [2.05, 4.69) is 0 Å². The van der Waals surface area contributed by atoms with Gasteiger partial charge in [-0.15, -0.1) is 0 Å². The van der Waals surface area contributed by atoms with E-state index in [-0.39, 0.29) is 29.3 Å². The molecule has 0 aromatic heterocycles. The van der Waals surface area contributed by atoms with Gasteiger partial charge in [0.15, 0.2) is 0 Å². The summed E-state index contributed by atoms with van der Waals surface area (Å²) in [4.78, 5) is 19.8. The Morgan fingerprint density at radius 3 is 1.15 bits per heavy atom. The van der Waals surface area contributed by atoms with Crippen molar-refractivity contribution in [1.82, 2.24) is 0 Å². The van der Waals surface area contributed by atoms with Crippen LogP contribution < -0.4 is 0 Å². The monoisotopic (exact) mass is 200 g/mol. The lowest BCUT2D eigenvalue weighted by Crippen LogP contribution is -1.97. The van der Waals surface area contributed by atoms with Crippen LogP contribution in [0.2, 0.25) is 0 Å². The number of carbonyl (C=O) groups is 2. The first-order valence-corrected chi connectivity index (χ1v) is 3.06. The van der Waals surface area contributed by atoms with Gasteiger partial charge in [-0.25, -0.2) is 0 Å². The van der Waals surface area contributed by atoms with Crippen LogP contribution >= 0.6 is 0 Å². The maximum Gasteiger partial charge on any atom is 0.303 e. The van der Waals surface area contributed by atoms with E-state index in [0.29, 0.717) is 12.8 Å². The summed E-state index contributed by atoms with van der Waals surface area (Å²) < 4.78 is 0. The van der Waals surface area contributed by atoms with Crippen LogP contribution in [0.4, 0.5) is 0 Å². The van der Waals surface area contributed by atoms with Gasteiger partial charge in [0.25, 0.3) is 0 Å². The minimum Gasteiger partial charge on any atom is -0.481 e. The van der Waals surface area contributed by atoms with E-state index in [1.165, 1.54) is 0 Å². The maximum atomic E-state index is 9.90. The number of hydrogen-bond acceptors (Lipinski definition) is 2. The molecule has 0 bridgehead atoms. The first-order valence-electron chi connectivity index (χ1n) is 3.06. The highest BCUT2D eigenvalue weighted by Gasteiger charge is 1.99. The molecule has 7 nitrogen and oxygen atoms in total. The predicted molar refractivity (Wildman–Crippen MR) is 44.6 cm³/mol. The topological polar surface area (TPSA) is 169 Å². The molecule has 0 aliphatic carbocycles. The summed E-state index contributed by atoms with van der Waals surface area (Å²) in [6, 6.07) is 0. The Hall–Kier alpha value is -1.18. The van der Waals surface area contributed by atoms with Gasteiger partial charge in [0.05, 0.1) is 0 Å². The Morgan fingerprint density at radius 2 is 1.00 bits per heavy atom. The van der Waals surface area contributed by atoms with Gasteiger partial charge in [0, 0.05) is 12.8 Å². The minimum absolute atomic E-state index is 0. The lowest BCUT2D eigenvalue weighted by molar-refractivity contribution is -0.139. The van der Waals surface area contributed by atoms with Crippen LogP contribution in [-0.4, -0.2) is 38.6 Å². The molecule has 0 rings (SSSR count). The molecule has 0 aliphatic heterocycles. The molecule has 0 aromatic rings. The van der Waals surface area contributed by atoms with Crippen LogP contribution in [-0.2, 0) is 9.59 Å². The lowest BCUT2D eigenvalue weighted by Gasteiger charge is -1.92. The second-order valence-corrected chi connectivity index (χ2v) is 1.99. The number of hydrogen-bond donors (Lipinski definition) is 2. The lowest BCUT2D eigenvalue weighted by atomic mass is 10.2. The number of carboxylic acids is 2. The van der Waals surface area contributed by atoms with Gasteiger partial charge < -0.3 is 26.6 Å². The Morgan fingerprint density at radius 1 is 0.769 bits per heavy atom. The Labute approximate surface area is 74.9 Å². The molecule has 0 radical (unpaired) electrons. The number of carboxylic acid groups (broad SMARTS) is 2.